The van der Waals surface area contributed by atoms with E-state index in [4.69, 9.17) is 0 Å². The first-order chi connectivity index (χ1) is 7.29. The maximum absolute atomic E-state index is 11.6. The third kappa shape index (κ3) is 2.97. The van der Waals surface area contributed by atoms with E-state index in [-0.39, 0.29) is 0 Å². The molecule has 0 N–H and O–H groups in total. The number of carbonyl (C=O) groups is 1. The molecule has 1 aliphatic heterocycles. The topological polar surface area (TPSA) is 20.3 Å². The lowest BCUT2D eigenvalue weighted by Crippen LogP contribution is -2.41. The van der Waals surface area contributed by atoms with E-state index in [2.05, 4.69) is 23.6 Å². The Bertz CT molecular complexity index is 232. The van der Waals surface area contributed by atoms with Crippen LogP contribution in [0.4, 0.5) is 0 Å². The normalized spacial score (nSPS) is 33.5. The van der Waals surface area contributed by atoms with Gasteiger partial charge in [0.05, 0.1) is 0 Å². The highest BCUT2D eigenvalue weighted by molar-refractivity contribution is 8.00. The number of nitrogens with zero attached hydrogens (tertiary/aromatic N) is 1. The maximum Gasteiger partial charge on any atom is 0.137 e. The first-order valence-electron chi connectivity index (χ1n) is 6.16. The second kappa shape index (κ2) is 5.35. The molecule has 3 heteroatoms. The highest BCUT2D eigenvalue weighted by atomic mass is 32.2. The zero-order valence-electron chi connectivity index (χ0n) is 9.58. The average molecular weight is 227 g/mol. The summed E-state index contributed by atoms with van der Waals surface area (Å²) >= 11 is 2.10. The fourth-order valence-corrected chi connectivity index (χ4v) is 3.83. The van der Waals surface area contributed by atoms with E-state index >= 15 is 0 Å². The van der Waals surface area contributed by atoms with E-state index in [1.807, 2.05) is 0 Å². The van der Waals surface area contributed by atoms with Crippen LogP contribution in [0.25, 0.3) is 0 Å². The van der Waals surface area contributed by atoms with Gasteiger partial charge in [0, 0.05) is 43.0 Å². The van der Waals surface area contributed by atoms with Gasteiger partial charge in [0.15, 0.2) is 0 Å². The Labute approximate surface area is 96.8 Å². The Kier molecular flexibility index (Phi) is 4.09. The van der Waals surface area contributed by atoms with Crippen molar-refractivity contribution in [3.05, 3.63) is 0 Å². The zero-order chi connectivity index (χ0) is 10.7. The molecule has 86 valence electrons. The van der Waals surface area contributed by atoms with E-state index in [0.29, 0.717) is 11.7 Å². The standard InChI is InChI=1S/C12H21NOS/c1-2-11-9-13(6-7-15-11)8-10-4-3-5-12(10)14/h10-11H,2-9H2,1H3. The molecule has 2 atom stereocenters. The van der Waals surface area contributed by atoms with Crippen LogP contribution in [0, 0.1) is 5.92 Å². The van der Waals surface area contributed by atoms with Crippen molar-refractivity contribution in [2.45, 2.75) is 37.9 Å². The molecule has 2 rings (SSSR count). The van der Waals surface area contributed by atoms with Crippen LogP contribution in [0.15, 0.2) is 0 Å². The Morgan fingerprint density at radius 1 is 1.53 bits per heavy atom. The van der Waals surface area contributed by atoms with Gasteiger partial charge >= 0.3 is 0 Å². The van der Waals surface area contributed by atoms with Gasteiger partial charge < -0.3 is 4.90 Å². The third-order valence-electron chi connectivity index (χ3n) is 3.59. The summed E-state index contributed by atoms with van der Waals surface area (Å²) in [4.78, 5) is 14.1. The van der Waals surface area contributed by atoms with Gasteiger partial charge in [0.2, 0.25) is 0 Å². The van der Waals surface area contributed by atoms with Crippen LogP contribution in [0.5, 0.6) is 0 Å². The molecule has 0 spiro atoms. The van der Waals surface area contributed by atoms with Crippen LogP contribution >= 0.6 is 11.8 Å². The van der Waals surface area contributed by atoms with Crippen LogP contribution in [0.2, 0.25) is 0 Å². The maximum atomic E-state index is 11.6. The molecular formula is C12H21NOS. The summed E-state index contributed by atoms with van der Waals surface area (Å²) in [7, 11) is 0. The minimum atomic E-state index is 0.366. The number of hydrogen-bond donors (Lipinski definition) is 0. The number of thioether (sulfide) groups is 1. The molecular weight excluding hydrogens is 206 g/mol. The zero-order valence-corrected chi connectivity index (χ0v) is 10.4. The summed E-state index contributed by atoms with van der Waals surface area (Å²) < 4.78 is 0. The molecule has 15 heavy (non-hydrogen) atoms. The van der Waals surface area contributed by atoms with E-state index in [9.17, 15) is 4.79 Å². The van der Waals surface area contributed by atoms with E-state index in [1.165, 1.54) is 25.3 Å². The highest BCUT2D eigenvalue weighted by Gasteiger charge is 2.28. The average Bonchev–Trinajstić information content (AvgIpc) is 2.65. The van der Waals surface area contributed by atoms with Crippen molar-refractivity contribution in [1.29, 1.82) is 0 Å². The van der Waals surface area contributed by atoms with Crippen molar-refractivity contribution < 1.29 is 4.79 Å². The van der Waals surface area contributed by atoms with Crippen LogP contribution in [0.3, 0.4) is 0 Å². The first-order valence-corrected chi connectivity index (χ1v) is 7.21. The number of carbonyl (C=O) groups excluding carboxylic acids is 1. The summed E-state index contributed by atoms with van der Waals surface area (Å²) in [5.74, 6) is 2.13. The molecule has 0 bridgehead atoms. The summed E-state index contributed by atoms with van der Waals surface area (Å²) in [5.41, 5.74) is 0. The van der Waals surface area contributed by atoms with Crippen molar-refractivity contribution >= 4 is 17.5 Å². The summed E-state index contributed by atoms with van der Waals surface area (Å²) in [5, 5.41) is 0.801. The minimum Gasteiger partial charge on any atom is -0.301 e. The lowest BCUT2D eigenvalue weighted by atomic mass is 10.1. The fourth-order valence-electron chi connectivity index (χ4n) is 2.59. The molecule has 1 saturated carbocycles. The summed E-state index contributed by atoms with van der Waals surface area (Å²) in [6.07, 6.45) is 4.37. The van der Waals surface area contributed by atoms with Gasteiger partial charge in [0.1, 0.15) is 5.78 Å². The fraction of sp³-hybridized carbons (Fsp3) is 0.917. The van der Waals surface area contributed by atoms with Gasteiger partial charge in [-0.3, -0.25) is 4.79 Å². The minimum absolute atomic E-state index is 0.366. The third-order valence-corrected chi connectivity index (χ3v) is 4.96. The van der Waals surface area contributed by atoms with E-state index in [1.54, 1.807) is 0 Å². The number of Topliss-reactive ketones (excluding diaryl/α,β-unsaturated/α-hetero) is 1. The Hall–Kier alpha value is -0.0200. The van der Waals surface area contributed by atoms with Gasteiger partial charge in [-0.2, -0.15) is 11.8 Å². The van der Waals surface area contributed by atoms with Crippen LogP contribution in [-0.4, -0.2) is 41.3 Å². The van der Waals surface area contributed by atoms with Crippen molar-refractivity contribution in [2.75, 3.05) is 25.4 Å². The van der Waals surface area contributed by atoms with Crippen LogP contribution < -0.4 is 0 Å². The molecule has 0 aromatic carbocycles. The first kappa shape index (κ1) is 11.5. The van der Waals surface area contributed by atoms with Gasteiger partial charge in [-0.1, -0.05) is 6.92 Å². The molecule has 0 aromatic heterocycles. The molecule has 0 radical (unpaired) electrons. The lowest BCUT2D eigenvalue weighted by Gasteiger charge is -2.33. The number of hydrogen-bond acceptors (Lipinski definition) is 3. The molecule has 2 nitrogen and oxygen atoms in total. The smallest absolute Gasteiger partial charge is 0.137 e. The monoisotopic (exact) mass is 227 g/mol. The number of ketones is 1. The molecule has 0 aromatic rings. The molecule has 1 aliphatic carbocycles. The van der Waals surface area contributed by atoms with Crippen LogP contribution in [0.1, 0.15) is 32.6 Å². The van der Waals surface area contributed by atoms with Gasteiger partial charge in [-0.15, -0.1) is 0 Å². The largest absolute Gasteiger partial charge is 0.301 e. The lowest BCUT2D eigenvalue weighted by molar-refractivity contribution is -0.121. The van der Waals surface area contributed by atoms with Crippen molar-refractivity contribution in [1.82, 2.24) is 4.90 Å². The highest BCUT2D eigenvalue weighted by Crippen LogP contribution is 2.26. The molecule has 2 unspecified atom stereocenters. The van der Waals surface area contributed by atoms with E-state index in [0.717, 1.165) is 31.1 Å². The van der Waals surface area contributed by atoms with E-state index < -0.39 is 0 Å². The van der Waals surface area contributed by atoms with Gasteiger partial charge in [0.25, 0.3) is 0 Å². The predicted octanol–water partition coefficient (Wildman–Crippen LogP) is 2.18. The Morgan fingerprint density at radius 3 is 3.07 bits per heavy atom. The SMILES string of the molecule is CCC1CN(CC2CCCC2=O)CCS1. The molecule has 2 fully saturated rings. The molecule has 0 amide bonds. The second-order valence-electron chi connectivity index (χ2n) is 4.72. The summed E-state index contributed by atoms with van der Waals surface area (Å²) in [6.45, 7) is 5.69. The van der Waals surface area contributed by atoms with Crippen molar-refractivity contribution in [3.8, 4) is 0 Å². The predicted molar refractivity (Wildman–Crippen MR) is 65.3 cm³/mol. The van der Waals surface area contributed by atoms with Gasteiger partial charge in [-0.05, 0) is 19.3 Å². The Balaban J connectivity index is 1.80. The second-order valence-corrected chi connectivity index (χ2v) is 6.12. The Morgan fingerprint density at radius 2 is 2.40 bits per heavy atom. The summed E-state index contributed by atoms with van der Waals surface area (Å²) in [6, 6.07) is 0. The number of rotatable bonds is 3. The molecule has 1 saturated heterocycles. The van der Waals surface area contributed by atoms with Crippen molar-refractivity contribution in [3.63, 3.8) is 0 Å². The molecule has 1 heterocycles. The van der Waals surface area contributed by atoms with Gasteiger partial charge in [-0.25, -0.2) is 0 Å². The molecule has 2 aliphatic rings. The quantitative estimate of drug-likeness (QED) is 0.737. The van der Waals surface area contributed by atoms with Crippen LogP contribution in [-0.2, 0) is 4.79 Å². The van der Waals surface area contributed by atoms with Crippen molar-refractivity contribution in [2.24, 2.45) is 5.92 Å².